The third kappa shape index (κ3) is 3.61. The normalized spacial score (nSPS) is 10.9. The average molecular weight is 361 g/mol. The Bertz CT molecular complexity index is 1030. The molecule has 0 bridgehead atoms. The minimum absolute atomic E-state index is 0.00478. The van der Waals surface area contributed by atoms with E-state index in [0.717, 1.165) is 0 Å². The lowest BCUT2D eigenvalue weighted by atomic mass is 10.1. The van der Waals surface area contributed by atoms with Crippen molar-refractivity contribution in [2.45, 2.75) is 12.8 Å². The lowest BCUT2D eigenvalue weighted by Gasteiger charge is -2.09. The van der Waals surface area contributed by atoms with Crippen LogP contribution < -0.4 is 10.2 Å². The number of nitrogens with zero attached hydrogens (tertiary/aromatic N) is 1. The van der Waals surface area contributed by atoms with Gasteiger partial charge in [0, 0.05) is 12.1 Å². The van der Waals surface area contributed by atoms with Gasteiger partial charge in [0.2, 0.25) is 5.43 Å². The number of fused-ring (bicyclic) bond motifs is 2. The van der Waals surface area contributed by atoms with E-state index < -0.39 is 10.5 Å². The third-order valence-corrected chi connectivity index (χ3v) is 3.71. The van der Waals surface area contributed by atoms with Crippen LogP contribution in [0.1, 0.15) is 12.8 Å². The van der Waals surface area contributed by atoms with Crippen LogP contribution >= 0.6 is 0 Å². The van der Waals surface area contributed by atoms with Gasteiger partial charge in [0.25, 0.3) is 5.09 Å². The molecule has 1 heterocycles. The molecule has 0 aliphatic rings. The maximum Gasteiger partial charge on any atom is 0.294 e. The van der Waals surface area contributed by atoms with Gasteiger partial charge in [-0.25, -0.2) is 0 Å². The summed E-state index contributed by atoms with van der Waals surface area (Å²) >= 11 is 0. The molecule has 0 atom stereocenters. The van der Waals surface area contributed by atoms with Crippen LogP contribution in [0.25, 0.3) is 21.9 Å². The van der Waals surface area contributed by atoms with Gasteiger partial charge in [-0.2, -0.15) is 0 Å². The summed E-state index contributed by atoms with van der Waals surface area (Å²) in [4.78, 5) is 26.7. The van der Waals surface area contributed by atoms with E-state index in [1.165, 1.54) is 30.3 Å². The quantitative estimate of drug-likeness (QED) is 0.284. The molecule has 136 valence electrons. The Hall–Kier alpha value is -3.49. The van der Waals surface area contributed by atoms with Crippen molar-refractivity contribution in [1.82, 2.24) is 0 Å². The van der Waals surface area contributed by atoms with Crippen molar-refractivity contribution in [2.75, 3.05) is 13.2 Å². The van der Waals surface area contributed by atoms with E-state index in [1.807, 2.05) is 0 Å². The fourth-order valence-corrected chi connectivity index (χ4v) is 2.54. The summed E-state index contributed by atoms with van der Waals surface area (Å²) in [5.41, 5.74) is -0.0354. The minimum atomic E-state index is -0.853. The highest BCUT2D eigenvalue weighted by Gasteiger charge is 2.14. The van der Waals surface area contributed by atoms with Crippen LogP contribution in [0, 0.1) is 10.1 Å². The molecule has 9 nitrogen and oxygen atoms in total. The second-order valence-electron chi connectivity index (χ2n) is 5.54. The van der Waals surface area contributed by atoms with Crippen LogP contribution in [0.5, 0.6) is 17.2 Å². The highest BCUT2D eigenvalue weighted by atomic mass is 16.9. The zero-order valence-corrected chi connectivity index (χ0v) is 13.5. The summed E-state index contributed by atoms with van der Waals surface area (Å²) in [6.07, 6.45) is 0.942. The van der Waals surface area contributed by atoms with Crippen molar-refractivity contribution < 1.29 is 29.3 Å². The number of phenolic OH excluding ortho intramolecular Hbond substituents is 2. The van der Waals surface area contributed by atoms with Gasteiger partial charge in [0.05, 0.1) is 18.6 Å². The second kappa shape index (κ2) is 7.18. The number of phenols is 2. The number of benzene rings is 2. The first-order valence-electron chi connectivity index (χ1n) is 7.78. The molecular formula is C17H15NO8. The molecule has 9 heteroatoms. The average Bonchev–Trinajstić information content (AvgIpc) is 2.58. The van der Waals surface area contributed by atoms with Crippen LogP contribution in [-0.4, -0.2) is 28.5 Å². The maximum absolute atomic E-state index is 12.5. The van der Waals surface area contributed by atoms with Crippen LogP contribution in [0.15, 0.2) is 39.5 Å². The van der Waals surface area contributed by atoms with E-state index >= 15 is 0 Å². The lowest BCUT2D eigenvalue weighted by Crippen LogP contribution is -2.05. The summed E-state index contributed by atoms with van der Waals surface area (Å²) < 4.78 is 11.1. The van der Waals surface area contributed by atoms with Crippen molar-refractivity contribution >= 4 is 21.9 Å². The van der Waals surface area contributed by atoms with E-state index in [2.05, 4.69) is 4.84 Å². The monoisotopic (exact) mass is 361 g/mol. The van der Waals surface area contributed by atoms with Crippen molar-refractivity contribution in [3.05, 3.63) is 50.7 Å². The Kier molecular flexibility index (Phi) is 4.78. The maximum atomic E-state index is 12.5. The summed E-state index contributed by atoms with van der Waals surface area (Å²) in [7, 11) is 0. The van der Waals surface area contributed by atoms with Crippen LogP contribution in [-0.2, 0) is 4.84 Å². The van der Waals surface area contributed by atoms with E-state index in [9.17, 15) is 25.1 Å². The standard InChI is InChI=1S/C17H15NO8/c19-10-3-4-14-12(7-10)17(21)16-13(20)8-11(9-15(16)26-14)24-5-1-2-6-25-18(22)23/h3-4,7-9,19-20H,1-2,5-6H2. The molecule has 1 aromatic heterocycles. The Morgan fingerprint density at radius 3 is 2.62 bits per heavy atom. The summed E-state index contributed by atoms with van der Waals surface area (Å²) in [6.45, 7) is 0.227. The minimum Gasteiger partial charge on any atom is -0.508 e. The molecule has 2 aromatic carbocycles. The van der Waals surface area contributed by atoms with Gasteiger partial charge < -0.3 is 24.2 Å². The van der Waals surface area contributed by atoms with Gasteiger partial charge in [0.1, 0.15) is 33.8 Å². The molecule has 0 aliphatic carbocycles. The lowest BCUT2D eigenvalue weighted by molar-refractivity contribution is -0.757. The highest BCUT2D eigenvalue weighted by molar-refractivity contribution is 5.94. The van der Waals surface area contributed by atoms with Gasteiger partial charge >= 0.3 is 0 Å². The molecule has 26 heavy (non-hydrogen) atoms. The number of unbranched alkanes of at least 4 members (excludes halogenated alkanes) is 1. The molecule has 3 aromatic rings. The van der Waals surface area contributed by atoms with Crippen LogP contribution in [0.4, 0.5) is 0 Å². The predicted molar refractivity (Wildman–Crippen MR) is 91.0 cm³/mol. The predicted octanol–water partition coefficient (Wildman–Crippen LogP) is 2.72. The first-order chi connectivity index (χ1) is 12.5. The summed E-state index contributed by atoms with van der Waals surface area (Å²) in [5.74, 6) is -0.0793. The van der Waals surface area contributed by atoms with Crippen molar-refractivity contribution in [3.8, 4) is 17.2 Å². The number of hydrogen-bond acceptors (Lipinski definition) is 8. The fraction of sp³-hybridized carbons (Fsp3) is 0.235. The van der Waals surface area contributed by atoms with Gasteiger partial charge in [-0.15, -0.1) is 10.1 Å². The molecule has 3 rings (SSSR count). The van der Waals surface area contributed by atoms with E-state index in [1.54, 1.807) is 0 Å². The molecule has 2 N–H and O–H groups in total. The van der Waals surface area contributed by atoms with Gasteiger partial charge in [0.15, 0.2) is 0 Å². The topological polar surface area (TPSA) is 132 Å². The van der Waals surface area contributed by atoms with E-state index in [-0.39, 0.29) is 46.7 Å². The Morgan fingerprint density at radius 2 is 1.85 bits per heavy atom. The SMILES string of the molecule is O=c1c2cc(O)ccc2oc2cc(OCCCCO[N+](=O)[O-])cc(O)c12. The van der Waals surface area contributed by atoms with Crippen LogP contribution in [0.3, 0.4) is 0 Å². The van der Waals surface area contributed by atoms with Gasteiger partial charge in [-0.1, -0.05) is 0 Å². The Balaban J connectivity index is 1.81. The summed E-state index contributed by atoms with van der Waals surface area (Å²) in [5, 5.41) is 29.0. The molecule has 0 aliphatic heterocycles. The fourth-order valence-electron chi connectivity index (χ4n) is 2.54. The highest BCUT2D eigenvalue weighted by Crippen LogP contribution is 2.31. The molecule has 0 fully saturated rings. The molecule has 0 saturated carbocycles. The second-order valence-corrected chi connectivity index (χ2v) is 5.54. The number of hydrogen-bond donors (Lipinski definition) is 2. The van der Waals surface area contributed by atoms with Gasteiger partial charge in [-0.3, -0.25) is 4.79 Å². The first-order valence-corrected chi connectivity index (χ1v) is 7.78. The van der Waals surface area contributed by atoms with Crippen molar-refractivity contribution in [2.24, 2.45) is 0 Å². The summed E-state index contributed by atoms with van der Waals surface area (Å²) in [6, 6.07) is 6.91. The number of aromatic hydroxyl groups is 2. The Morgan fingerprint density at radius 1 is 1.08 bits per heavy atom. The Labute approximate surface area is 146 Å². The van der Waals surface area contributed by atoms with E-state index in [0.29, 0.717) is 18.6 Å². The molecule has 0 saturated heterocycles. The van der Waals surface area contributed by atoms with Crippen molar-refractivity contribution in [3.63, 3.8) is 0 Å². The zero-order valence-electron chi connectivity index (χ0n) is 13.5. The molecular weight excluding hydrogens is 346 g/mol. The van der Waals surface area contributed by atoms with Crippen LogP contribution in [0.2, 0.25) is 0 Å². The smallest absolute Gasteiger partial charge is 0.294 e. The first kappa shape index (κ1) is 17.3. The van der Waals surface area contributed by atoms with Gasteiger partial charge in [-0.05, 0) is 31.0 Å². The molecule has 0 radical (unpaired) electrons. The third-order valence-electron chi connectivity index (χ3n) is 3.71. The van der Waals surface area contributed by atoms with E-state index in [4.69, 9.17) is 9.15 Å². The number of rotatable bonds is 7. The molecule has 0 unspecified atom stereocenters. The van der Waals surface area contributed by atoms with Crippen molar-refractivity contribution in [1.29, 1.82) is 0 Å². The molecule has 0 spiro atoms. The largest absolute Gasteiger partial charge is 0.508 e. The number of ether oxygens (including phenoxy) is 1. The molecule has 0 amide bonds. The zero-order chi connectivity index (χ0) is 18.7.